The number of amides is 1. The topological polar surface area (TPSA) is 104 Å². The van der Waals surface area contributed by atoms with E-state index < -0.39 is 4.92 Å². The van der Waals surface area contributed by atoms with Gasteiger partial charge >= 0.3 is 0 Å². The molecular formula is C15H13N3O4. The first-order valence-corrected chi connectivity index (χ1v) is 6.26. The zero-order chi connectivity index (χ0) is 16.1. The minimum atomic E-state index is -0.525. The molecule has 0 fully saturated rings. The Labute approximate surface area is 126 Å². The number of nitro groups is 1. The van der Waals surface area contributed by atoms with Crippen LogP contribution in [0.1, 0.15) is 15.9 Å². The van der Waals surface area contributed by atoms with Crippen molar-refractivity contribution < 1.29 is 14.9 Å². The predicted molar refractivity (Wildman–Crippen MR) is 81.4 cm³/mol. The fourth-order valence-electron chi connectivity index (χ4n) is 1.76. The molecule has 112 valence electrons. The molecule has 0 atom stereocenters. The van der Waals surface area contributed by atoms with Crippen LogP contribution in [-0.2, 0) is 0 Å². The summed E-state index contributed by atoms with van der Waals surface area (Å²) in [6, 6.07) is 12.0. The number of hydrogen-bond donors (Lipinski definition) is 3. The number of benzene rings is 2. The molecule has 0 aliphatic heterocycles. The number of rotatable bonds is 5. The van der Waals surface area contributed by atoms with Crippen LogP contribution in [0.3, 0.4) is 0 Å². The highest BCUT2D eigenvalue weighted by Gasteiger charge is 2.09. The number of non-ortho nitro benzene ring substituents is 1. The van der Waals surface area contributed by atoms with Gasteiger partial charge < -0.3 is 5.32 Å². The van der Waals surface area contributed by atoms with Gasteiger partial charge in [-0.05, 0) is 29.8 Å². The Kier molecular flexibility index (Phi) is 4.50. The summed E-state index contributed by atoms with van der Waals surface area (Å²) >= 11 is 0. The molecule has 2 aromatic rings. The lowest BCUT2D eigenvalue weighted by Gasteiger charge is -2.07. The maximum absolute atomic E-state index is 12.0. The summed E-state index contributed by atoms with van der Waals surface area (Å²) in [5.41, 5.74) is 3.76. The molecule has 7 heteroatoms. The molecule has 0 aliphatic rings. The minimum absolute atomic E-state index is 0.0732. The van der Waals surface area contributed by atoms with E-state index in [0.717, 1.165) is 0 Å². The zero-order valence-electron chi connectivity index (χ0n) is 11.4. The number of carbonyl (C=O) groups is 1. The summed E-state index contributed by atoms with van der Waals surface area (Å²) < 4.78 is 0. The second kappa shape index (κ2) is 6.51. The standard InChI is InChI=1S/C15H13N3O4/c1-10(17-20)11-2-6-13(7-3-11)16-15(19)12-4-8-14(9-5-12)18(21)22/h2-9,17,20H,1H2,(H,16,19). The first kappa shape index (κ1) is 15.2. The molecule has 7 nitrogen and oxygen atoms in total. The number of nitrogens with one attached hydrogen (secondary N) is 2. The Morgan fingerprint density at radius 3 is 2.09 bits per heavy atom. The lowest BCUT2D eigenvalue weighted by molar-refractivity contribution is -0.384. The van der Waals surface area contributed by atoms with Crippen molar-refractivity contribution in [2.24, 2.45) is 0 Å². The summed E-state index contributed by atoms with van der Waals surface area (Å²) in [6.45, 7) is 3.60. The van der Waals surface area contributed by atoms with E-state index in [2.05, 4.69) is 11.9 Å². The number of nitrogens with zero attached hydrogens (tertiary/aromatic N) is 1. The SMILES string of the molecule is C=C(NO)c1ccc(NC(=O)c2ccc([N+](=O)[O-])cc2)cc1. The molecule has 2 rings (SSSR count). The van der Waals surface area contributed by atoms with Crippen LogP contribution in [0.5, 0.6) is 0 Å². The molecule has 0 radical (unpaired) electrons. The number of nitro benzene ring substituents is 1. The Hall–Kier alpha value is -3.19. The summed E-state index contributed by atoms with van der Waals surface area (Å²) in [5, 5.41) is 22.0. The van der Waals surface area contributed by atoms with E-state index in [4.69, 9.17) is 5.21 Å². The molecule has 0 spiro atoms. The van der Waals surface area contributed by atoms with Crippen molar-refractivity contribution >= 4 is 23.0 Å². The van der Waals surface area contributed by atoms with E-state index in [1.807, 2.05) is 5.48 Å². The van der Waals surface area contributed by atoms with Gasteiger partial charge in [-0.2, -0.15) is 0 Å². The van der Waals surface area contributed by atoms with Crippen LogP contribution in [0.15, 0.2) is 55.1 Å². The first-order valence-electron chi connectivity index (χ1n) is 6.26. The quantitative estimate of drug-likeness (QED) is 0.581. The van der Waals surface area contributed by atoms with Crippen molar-refractivity contribution in [3.63, 3.8) is 0 Å². The van der Waals surface area contributed by atoms with Crippen molar-refractivity contribution in [2.75, 3.05) is 5.32 Å². The third kappa shape index (κ3) is 3.47. The van der Waals surface area contributed by atoms with Crippen molar-refractivity contribution in [1.82, 2.24) is 5.48 Å². The molecule has 0 bridgehead atoms. The van der Waals surface area contributed by atoms with E-state index in [1.54, 1.807) is 24.3 Å². The van der Waals surface area contributed by atoms with Crippen molar-refractivity contribution in [3.8, 4) is 0 Å². The van der Waals surface area contributed by atoms with Gasteiger partial charge in [0.2, 0.25) is 0 Å². The normalized spacial score (nSPS) is 9.86. The van der Waals surface area contributed by atoms with E-state index >= 15 is 0 Å². The number of carbonyl (C=O) groups excluding carboxylic acids is 1. The lowest BCUT2D eigenvalue weighted by Crippen LogP contribution is -2.12. The van der Waals surface area contributed by atoms with Crippen LogP contribution >= 0.6 is 0 Å². The molecule has 0 aromatic heterocycles. The van der Waals surface area contributed by atoms with Gasteiger partial charge in [0.25, 0.3) is 11.6 Å². The van der Waals surface area contributed by atoms with Crippen LogP contribution < -0.4 is 10.8 Å². The second-order valence-corrected chi connectivity index (χ2v) is 4.43. The molecule has 0 aliphatic carbocycles. The third-order valence-corrected chi connectivity index (χ3v) is 2.97. The van der Waals surface area contributed by atoms with E-state index in [9.17, 15) is 14.9 Å². The van der Waals surface area contributed by atoms with E-state index in [0.29, 0.717) is 22.5 Å². The largest absolute Gasteiger partial charge is 0.322 e. The number of hydroxylamine groups is 1. The van der Waals surface area contributed by atoms with E-state index in [-0.39, 0.29) is 11.6 Å². The van der Waals surface area contributed by atoms with Gasteiger partial charge in [-0.3, -0.25) is 25.6 Å². The van der Waals surface area contributed by atoms with Gasteiger partial charge in [0.15, 0.2) is 0 Å². The Balaban J connectivity index is 2.08. The van der Waals surface area contributed by atoms with Gasteiger partial charge in [0.1, 0.15) is 0 Å². The van der Waals surface area contributed by atoms with Gasteiger partial charge in [0, 0.05) is 23.4 Å². The summed E-state index contributed by atoms with van der Waals surface area (Å²) in [5.74, 6) is -0.373. The maximum atomic E-state index is 12.0. The van der Waals surface area contributed by atoms with Crippen molar-refractivity contribution in [1.29, 1.82) is 0 Å². The lowest BCUT2D eigenvalue weighted by atomic mass is 10.1. The molecule has 1 amide bonds. The van der Waals surface area contributed by atoms with Gasteiger partial charge in [-0.25, -0.2) is 0 Å². The van der Waals surface area contributed by atoms with Crippen LogP contribution in [-0.4, -0.2) is 16.0 Å². The molecular weight excluding hydrogens is 286 g/mol. The molecule has 22 heavy (non-hydrogen) atoms. The third-order valence-electron chi connectivity index (χ3n) is 2.97. The maximum Gasteiger partial charge on any atom is 0.269 e. The average molecular weight is 299 g/mol. The average Bonchev–Trinajstić information content (AvgIpc) is 2.54. The molecule has 0 unspecified atom stereocenters. The fraction of sp³-hybridized carbons (Fsp3) is 0. The highest BCUT2D eigenvalue weighted by atomic mass is 16.6. The van der Waals surface area contributed by atoms with Crippen LogP contribution in [0.4, 0.5) is 11.4 Å². The number of hydrogen-bond acceptors (Lipinski definition) is 5. The zero-order valence-corrected chi connectivity index (χ0v) is 11.4. The Morgan fingerprint density at radius 2 is 1.59 bits per heavy atom. The predicted octanol–water partition coefficient (Wildman–Crippen LogP) is 2.80. The Morgan fingerprint density at radius 1 is 1.05 bits per heavy atom. The van der Waals surface area contributed by atoms with Gasteiger partial charge in [-0.15, -0.1) is 0 Å². The monoisotopic (exact) mass is 299 g/mol. The first-order chi connectivity index (χ1) is 10.5. The minimum Gasteiger partial charge on any atom is -0.322 e. The molecule has 2 aromatic carbocycles. The van der Waals surface area contributed by atoms with Gasteiger partial charge in [0.05, 0.1) is 10.6 Å². The Bertz CT molecular complexity index is 709. The highest BCUT2D eigenvalue weighted by Crippen LogP contribution is 2.16. The van der Waals surface area contributed by atoms with Crippen LogP contribution in [0.25, 0.3) is 5.70 Å². The number of anilines is 1. The smallest absolute Gasteiger partial charge is 0.269 e. The van der Waals surface area contributed by atoms with Crippen molar-refractivity contribution in [3.05, 3.63) is 76.4 Å². The highest BCUT2D eigenvalue weighted by molar-refractivity contribution is 6.04. The summed E-state index contributed by atoms with van der Waals surface area (Å²) in [4.78, 5) is 22.1. The summed E-state index contributed by atoms with van der Waals surface area (Å²) in [6.07, 6.45) is 0. The molecule has 0 saturated heterocycles. The summed E-state index contributed by atoms with van der Waals surface area (Å²) in [7, 11) is 0. The second-order valence-electron chi connectivity index (χ2n) is 4.43. The molecule has 0 heterocycles. The van der Waals surface area contributed by atoms with E-state index in [1.165, 1.54) is 24.3 Å². The fourth-order valence-corrected chi connectivity index (χ4v) is 1.76. The van der Waals surface area contributed by atoms with Crippen LogP contribution in [0, 0.1) is 10.1 Å². The molecule has 3 N–H and O–H groups in total. The van der Waals surface area contributed by atoms with Gasteiger partial charge in [-0.1, -0.05) is 18.7 Å². The van der Waals surface area contributed by atoms with Crippen molar-refractivity contribution in [2.45, 2.75) is 0 Å². The molecule has 0 saturated carbocycles. The van der Waals surface area contributed by atoms with Crippen LogP contribution in [0.2, 0.25) is 0 Å².